The highest BCUT2D eigenvalue weighted by Crippen LogP contribution is 2.67. The fourth-order valence-corrected chi connectivity index (χ4v) is 6.98. The van der Waals surface area contributed by atoms with Gasteiger partial charge in [-0.05, 0) is 30.9 Å². The van der Waals surface area contributed by atoms with Crippen molar-refractivity contribution in [3.8, 4) is 11.5 Å². The number of hydrogen-bond donors (Lipinski definition) is 4. The van der Waals surface area contributed by atoms with E-state index in [9.17, 15) is 25.2 Å². The summed E-state index contributed by atoms with van der Waals surface area (Å²) in [5, 5.41) is 45.0. The van der Waals surface area contributed by atoms with Crippen molar-refractivity contribution in [2.45, 2.75) is 74.1 Å². The third-order valence-electron chi connectivity index (χ3n) is 8.57. The molecular formula is C21H26NO6+. The van der Waals surface area contributed by atoms with Crippen molar-refractivity contribution in [1.82, 2.24) is 0 Å². The van der Waals surface area contributed by atoms with Crippen molar-refractivity contribution in [3.63, 3.8) is 0 Å². The van der Waals surface area contributed by atoms with Crippen LogP contribution in [0.15, 0.2) is 12.1 Å². The minimum absolute atomic E-state index is 0.0144. The lowest BCUT2D eigenvalue weighted by Crippen LogP contribution is -2.84. The third kappa shape index (κ3) is 1.62. The van der Waals surface area contributed by atoms with E-state index in [0.717, 1.165) is 18.4 Å². The minimum Gasteiger partial charge on any atom is -0.504 e. The molecule has 4 N–H and O–H groups in total. The number of benzene rings is 1. The topological polar surface area (TPSA) is 107 Å². The molecule has 3 aliphatic carbocycles. The summed E-state index contributed by atoms with van der Waals surface area (Å²) in [6.45, 7) is 0. The van der Waals surface area contributed by atoms with Crippen LogP contribution in [0.4, 0.5) is 0 Å². The average Bonchev–Trinajstić information content (AvgIpc) is 3.44. The highest BCUT2D eigenvalue weighted by Gasteiger charge is 2.79. The number of phenolic OH excluding ortho intramolecular Hbond substituents is 1. The number of likely N-dealkylation sites (N-methyl/N-ethyl adjacent to an activating group) is 1. The van der Waals surface area contributed by atoms with Gasteiger partial charge >= 0.3 is 0 Å². The number of piperidine rings is 1. The first-order valence-corrected chi connectivity index (χ1v) is 10.2. The monoisotopic (exact) mass is 388 g/mol. The largest absolute Gasteiger partial charge is 0.504 e. The molecule has 0 radical (unpaired) electrons. The van der Waals surface area contributed by atoms with Crippen molar-refractivity contribution >= 4 is 5.78 Å². The number of Topliss-reactive ketones (excluding diaryl/α,β-unsaturated/α-hetero) is 1. The number of hydrogen-bond acceptors (Lipinski definition) is 6. The maximum atomic E-state index is 12.8. The highest BCUT2D eigenvalue weighted by molar-refractivity contribution is 5.90. The summed E-state index contributed by atoms with van der Waals surface area (Å²) >= 11 is 0. The van der Waals surface area contributed by atoms with Crippen molar-refractivity contribution in [2.24, 2.45) is 5.92 Å². The second-order valence-electron chi connectivity index (χ2n) is 9.69. The number of quaternary nitrogens is 1. The number of phenols is 1. The smallest absolute Gasteiger partial charge is 0.195 e. The summed E-state index contributed by atoms with van der Waals surface area (Å²) in [6.07, 6.45) is 0.327. The van der Waals surface area contributed by atoms with E-state index in [4.69, 9.17) is 4.74 Å². The highest BCUT2D eigenvalue weighted by atomic mass is 16.5. The predicted octanol–water partition coefficient (Wildman–Crippen LogP) is 0.307. The Morgan fingerprint density at radius 2 is 2.07 bits per heavy atom. The molecule has 7 atom stereocenters. The molecule has 0 amide bonds. The molecule has 2 unspecified atom stereocenters. The van der Waals surface area contributed by atoms with Crippen LogP contribution in [-0.4, -0.2) is 67.9 Å². The summed E-state index contributed by atoms with van der Waals surface area (Å²) in [5.74, 6) is 0.278. The first-order chi connectivity index (χ1) is 13.2. The van der Waals surface area contributed by atoms with E-state index in [1.54, 1.807) is 6.07 Å². The molecular weight excluding hydrogens is 362 g/mol. The van der Waals surface area contributed by atoms with Gasteiger partial charge in [0.2, 0.25) is 0 Å². The summed E-state index contributed by atoms with van der Waals surface area (Å²) in [7, 11) is 1.84. The number of carbonyl (C=O) groups is 1. The maximum Gasteiger partial charge on any atom is 0.195 e. The van der Waals surface area contributed by atoms with Crippen LogP contribution in [0.3, 0.4) is 0 Å². The second kappa shape index (κ2) is 4.90. The third-order valence-corrected chi connectivity index (χ3v) is 8.57. The molecule has 1 aromatic rings. The Morgan fingerprint density at radius 3 is 2.79 bits per heavy atom. The summed E-state index contributed by atoms with van der Waals surface area (Å²) in [6, 6.07) is 2.96. The van der Waals surface area contributed by atoms with Crippen LogP contribution in [0.1, 0.15) is 43.2 Å². The Morgan fingerprint density at radius 1 is 1.32 bits per heavy atom. The van der Waals surface area contributed by atoms with Gasteiger partial charge in [0.1, 0.15) is 11.6 Å². The fourth-order valence-electron chi connectivity index (χ4n) is 6.98. The van der Waals surface area contributed by atoms with Crippen LogP contribution >= 0.6 is 0 Å². The fraction of sp³-hybridized carbons (Fsp3) is 0.667. The van der Waals surface area contributed by atoms with Crippen LogP contribution in [0, 0.1) is 5.92 Å². The number of aromatic hydroxyl groups is 1. The molecule has 1 spiro atoms. The van der Waals surface area contributed by atoms with Gasteiger partial charge in [0.05, 0.1) is 12.5 Å². The number of aliphatic hydroxyl groups is 3. The number of aliphatic hydroxyl groups excluding tert-OH is 2. The van der Waals surface area contributed by atoms with E-state index < -0.39 is 35.6 Å². The van der Waals surface area contributed by atoms with Crippen LogP contribution in [-0.2, 0) is 16.6 Å². The Bertz CT molecular complexity index is 914. The van der Waals surface area contributed by atoms with Gasteiger partial charge in [-0.1, -0.05) is 6.07 Å². The molecule has 5 aliphatic rings. The van der Waals surface area contributed by atoms with Gasteiger partial charge in [-0.15, -0.1) is 0 Å². The number of rotatable bonds is 2. The number of carbonyl (C=O) groups excluding carboxylic acids is 1. The Labute approximate surface area is 162 Å². The Kier molecular flexibility index (Phi) is 3.01. The lowest BCUT2D eigenvalue weighted by molar-refractivity contribution is -1.03. The molecule has 2 bridgehead atoms. The molecule has 7 heteroatoms. The van der Waals surface area contributed by atoms with Crippen molar-refractivity contribution in [2.75, 3.05) is 7.05 Å². The second-order valence-corrected chi connectivity index (χ2v) is 9.69. The van der Waals surface area contributed by atoms with Gasteiger partial charge in [0.25, 0.3) is 0 Å². The van der Waals surface area contributed by atoms with E-state index in [1.165, 1.54) is 0 Å². The molecule has 1 saturated heterocycles. The van der Waals surface area contributed by atoms with E-state index in [1.807, 2.05) is 13.1 Å². The lowest BCUT2D eigenvalue weighted by atomic mass is 9.48. The van der Waals surface area contributed by atoms with Gasteiger partial charge < -0.3 is 25.2 Å². The summed E-state index contributed by atoms with van der Waals surface area (Å²) < 4.78 is 5.97. The van der Waals surface area contributed by atoms with E-state index in [-0.39, 0.29) is 46.9 Å². The van der Waals surface area contributed by atoms with Gasteiger partial charge in [-0.25, -0.2) is 0 Å². The standard InChI is InChI=1S/C21H25NO6/c1-22(19(26)10-2-3-10)14-8-11-4-5-12(23)17-16(11)20(9-15(22)25)18(28-17)13(24)6-7-21(14,20)27/h4-5,10,14-15,18-19,25-27H,2-3,6-9H2,1H3/p+1/t14-,15?,18-,19?,20-,21+,22+/m0/s1. The number of nitrogens with zero attached hydrogens (tertiary/aromatic N) is 1. The SMILES string of the molecule is C[N@+]1(C(O)C2CC2)C(O)C[C@]23c4c5ccc(O)c4O[C@H]2C(=O)CC[C@@]3(O)[C@@H]1C5. The average molecular weight is 388 g/mol. The zero-order valence-electron chi connectivity index (χ0n) is 15.8. The molecule has 1 aromatic carbocycles. The molecule has 2 heterocycles. The van der Waals surface area contributed by atoms with Crippen LogP contribution in [0.2, 0.25) is 0 Å². The zero-order valence-corrected chi connectivity index (χ0v) is 15.8. The van der Waals surface area contributed by atoms with Gasteiger partial charge in [-0.2, -0.15) is 0 Å². The normalized spacial score (nSPS) is 46.7. The molecule has 2 saturated carbocycles. The van der Waals surface area contributed by atoms with Gasteiger partial charge in [0, 0.05) is 30.7 Å². The Balaban J connectivity index is 1.63. The maximum absolute atomic E-state index is 12.8. The van der Waals surface area contributed by atoms with Crippen LogP contribution in [0.25, 0.3) is 0 Å². The molecule has 3 fully saturated rings. The van der Waals surface area contributed by atoms with Crippen molar-refractivity contribution < 1.29 is 34.4 Å². The first-order valence-electron chi connectivity index (χ1n) is 10.2. The van der Waals surface area contributed by atoms with Crippen LogP contribution < -0.4 is 4.74 Å². The van der Waals surface area contributed by atoms with Gasteiger partial charge in [0.15, 0.2) is 35.8 Å². The quantitative estimate of drug-likeness (QED) is 0.543. The number of ether oxygens (including phenoxy) is 1. The van der Waals surface area contributed by atoms with E-state index >= 15 is 0 Å². The molecule has 150 valence electrons. The van der Waals surface area contributed by atoms with Gasteiger partial charge in [-0.3, -0.25) is 9.28 Å². The van der Waals surface area contributed by atoms with Crippen molar-refractivity contribution in [1.29, 1.82) is 0 Å². The van der Waals surface area contributed by atoms with E-state index in [0.29, 0.717) is 12.0 Å². The Hall–Kier alpha value is -1.67. The number of likely N-dealkylation sites (tertiary alicyclic amines) is 1. The molecule has 0 aromatic heterocycles. The van der Waals surface area contributed by atoms with Crippen LogP contribution in [0.5, 0.6) is 11.5 Å². The molecule has 6 rings (SSSR count). The lowest BCUT2D eigenvalue weighted by Gasteiger charge is -2.66. The molecule has 28 heavy (non-hydrogen) atoms. The minimum atomic E-state index is -1.29. The summed E-state index contributed by atoms with van der Waals surface area (Å²) in [4.78, 5) is 12.8. The van der Waals surface area contributed by atoms with Crippen molar-refractivity contribution in [3.05, 3.63) is 23.3 Å². The molecule has 7 nitrogen and oxygen atoms in total. The predicted molar refractivity (Wildman–Crippen MR) is 96.4 cm³/mol. The zero-order chi connectivity index (χ0) is 19.6. The number of ketones is 1. The molecule has 2 aliphatic heterocycles. The first kappa shape index (κ1) is 17.2. The van der Waals surface area contributed by atoms with E-state index in [2.05, 4.69) is 0 Å². The summed E-state index contributed by atoms with van der Waals surface area (Å²) in [5.41, 5.74) is -0.745.